The van der Waals surface area contributed by atoms with Crippen LogP contribution in [0.1, 0.15) is 10.4 Å². The van der Waals surface area contributed by atoms with Crippen molar-refractivity contribution in [3.63, 3.8) is 0 Å². The zero-order valence-electron chi connectivity index (χ0n) is 10.5. The number of alkyl halides is 3. The molecule has 0 amide bonds. The second-order valence-electron chi connectivity index (χ2n) is 4.01. The van der Waals surface area contributed by atoms with E-state index in [1.54, 1.807) is 0 Å². The lowest BCUT2D eigenvalue weighted by Crippen LogP contribution is -2.40. The van der Waals surface area contributed by atoms with Gasteiger partial charge in [-0.15, -0.1) is 0 Å². The summed E-state index contributed by atoms with van der Waals surface area (Å²) in [6.45, 7) is -3.23. The van der Waals surface area contributed by atoms with Crippen LogP contribution in [-0.4, -0.2) is 54.8 Å². The van der Waals surface area contributed by atoms with Gasteiger partial charge in [0, 0.05) is 6.54 Å². The second kappa shape index (κ2) is 6.41. The summed E-state index contributed by atoms with van der Waals surface area (Å²) in [5.41, 5.74) is -0.196. The molecule has 0 heterocycles. The molecule has 0 unspecified atom stereocenters. The van der Waals surface area contributed by atoms with E-state index in [2.05, 4.69) is 0 Å². The molecule has 6 nitrogen and oxygen atoms in total. The van der Waals surface area contributed by atoms with Gasteiger partial charge in [-0.05, 0) is 24.3 Å². The molecule has 0 radical (unpaired) electrons. The minimum Gasteiger partial charge on any atom is -0.478 e. The van der Waals surface area contributed by atoms with E-state index in [9.17, 15) is 26.4 Å². The van der Waals surface area contributed by atoms with Crippen LogP contribution in [0.25, 0.3) is 0 Å². The Balaban J connectivity index is 3.13. The summed E-state index contributed by atoms with van der Waals surface area (Å²) >= 11 is 0. The molecule has 0 aliphatic rings. The Bertz CT molecular complexity index is 597. The molecule has 0 saturated heterocycles. The molecule has 0 saturated carbocycles. The van der Waals surface area contributed by atoms with Crippen LogP contribution in [0.5, 0.6) is 0 Å². The van der Waals surface area contributed by atoms with E-state index in [4.69, 9.17) is 10.2 Å². The SMILES string of the molecule is O=C(O)c1ccc(S(=O)(=O)N(CCO)CC(F)(F)F)cc1. The number of aliphatic hydroxyl groups is 1. The maximum absolute atomic E-state index is 12.4. The number of benzene rings is 1. The average molecular weight is 327 g/mol. The summed E-state index contributed by atoms with van der Waals surface area (Å²) in [7, 11) is -4.48. The predicted molar refractivity (Wildman–Crippen MR) is 65.3 cm³/mol. The minimum atomic E-state index is -4.76. The monoisotopic (exact) mass is 327 g/mol. The van der Waals surface area contributed by atoms with E-state index in [1.165, 1.54) is 0 Å². The number of rotatable bonds is 6. The van der Waals surface area contributed by atoms with E-state index < -0.39 is 46.8 Å². The molecule has 2 N–H and O–H groups in total. The Hall–Kier alpha value is -1.65. The van der Waals surface area contributed by atoms with Crippen molar-refractivity contribution in [3.8, 4) is 0 Å². The Morgan fingerprint density at radius 3 is 2.10 bits per heavy atom. The van der Waals surface area contributed by atoms with Crippen LogP contribution >= 0.6 is 0 Å². The molecule has 0 bridgehead atoms. The number of carbonyl (C=O) groups is 1. The van der Waals surface area contributed by atoms with Gasteiger partial charge in [0.25, 0.3) is 0 Å². The summed E-state index contributed by atoms with van der Waals surface area (Å²) in [6, 6.07) is 3.75. The number of aliphatic hydroxyl groups excluding tert-OH is 1. The maximum atomic E-state index is 12.4. The van der Waals surface area contributed by atoms with Gasteiger partial charge in [-0.3, -0.25) is 0 Å². The van der Waals surface area contributed by atoms with Gasteiger partial charge in [0.2, 0.25) is 10.0 Å². The first-order valence-electron chi connectivity index (χ1n) is 5.59. The zero-order valence-corrected chi connectivity index (χ0v) is 11.4. The lowest BCUT2D eigenvalue weighted by Gasteiger charge is -2.22. The van der Waals surface area contributed by atoms with Crippen LogP contribution in [0, 0.1) is 0 Å². The van der Waals surface area contributed by atoms with E-state index in [0.29, 0.717) is 0 Å². The largest absolute Gasteiger partial charge is 0.478 e. The predicted octanol–water partition coefficient (Wildman–Crippen LogP) is 0.930. The molecule has 21 heavy (non-hydrogen) atoms. The molecule has 0 spiro atoms. The molecular formula is C11H12F3NO5S. The third kappa shape index (κ3) is 4.69. The Labute approximate surface area is 118 Å². The van der Waals surface area contributed by atoms with Crippen molar-refractivity contribution in [2.24, 2.45) is 0 Å². The number of hydrogen-bond donors (Lipinski definition) is 2. The molecule has 1 rings (SSSR count). The van der Waals surface area contributed by atoms with Gasteiger partial charge in [-0.2, -0.15) is 17.5 Å². The normalized spacial score (nSPS) is 12.6. The summed E-state index contributed by atoms with van der Waals surface area (Å²) in [6.07, 6.45) is -4.76. The molecule has 1 aromatic carbocycles. The molecule has 0 atom stereocenters. The van der Waals surface area contributed by atoms with E-state index in [-0.39, 0.29) is 9.87 Å². The Morgan fingerprint density at radius 2 is 1.71 bits per heavy atom. The highest BCUT2D eigenvalue weighted by molar-refractivity contribution is 7.89. The van der Waals surface area contributed by atoms with Crippen LogP contribution in [-0.2, 0) is 10.0 Å². The van der Waals surface area contributed by atoms with Gasteiger partial charge >= 0.3 is 12.1 Å². The van der Waals surface area contributed by atoms with Crippen LogP contribution < -0.4 is 0 Å². The zero-order chi connectivity index (χ0) is 16.3. The van der Waals surface area contributed by atoms with Crippen LogP contribution in [0.3, 0.4) is 0 Å². The second-order valence-corrected chi connectivity index (χ2v) is 5.94. The maximum Gasteiger partial charge on any atom is 0.402 e. The Morgan fingerprint density at radius 1 is 1.19 bits per heavy atom. The smallest absolute Gasteiger partial charge is 0.402 e. The lowest BCUT2D eigenvalue weighted by molar-refractivity contribution is -0.136. The average Bonchev–Trinajstić information content (AvgIpc) is 2.36. The summed E-state index contributed by atoms with van der Waals surface area (Å²) in [4.78, 5) is 10.2. The Kier molecular flexibility index (Phi) is 5.31. The summed E-state index contributed by atoms with van der Waals surface area (Å²) in [5.74, 6) is -1.29. The van der Waals surface area contributed by atoms with Gasteiger partial charge in [-0.1, -0.05) is 0 Å². The molecule has 0 aliphatic carbocycles. The van der Waals surface area contributed by atoms with E-state index >= 15 is 0 Å². The van der Waals surface area contributed by atoms with Crippen molar-refractivity contribution in [1.82, 2.24) is 4.31 Å². The van der Waals surface area contributed by atoms with Gasteiger partial charge < -0.3 is 10.2 Å². The first kappa shape index (κ1) is 17.4. The number of aromatic carboxylic acids is 1. The third-order valence-electron chi connectivity index (χ3n) is 2.44. The number of carboxylic acids is 1. The highest BCUT2D eigenvalue weighted by Gasteiger charge is 2.36. The topological polar surface area (TPSA) is 94.9 Å². The van der Waals surface area contributed by atoms with Gasteiger partial charge in [0.05, 0.1) is 17.1 Å². The first-order valence-corrected chi connectivity index (χ1v) is 7.03. The molecular weight excluding hydrogens is 315 g/mol. The highest BCUT2D eigenvalue weighted by Crippen LogP contribution is 2.22. The fourth-order valence-electron chi connectivity index (χ4n) is 1.51. The molecule has 0 aromatic heterocycles. The van der Waals surface area contributed by atoms with Crippen LogP contribution in [0.4, 0.5) is 13.2 Å². The number of sulfonamides is 1. The van der Waals surface area contributed by atoms with Crippen LogP contribution in [0.15, 0.2) is 29.2 Å². The standard InChI is InChI=1S/C11H12F3NO5S/c12-11(13,14)7-15(5-6-16)21(19,20)9-3-1-8(2-4-9)10(17)18/h1-4,16H,5-7H2,(H,17,18). The molecule has 10 heteroatoms. The number of nitrogens with zero attached hydrogens (tertiary/aromatic N) is 1. The van der Waals surface area contributed by atoms with Crippen molar-refractivity contribution in [1.29, 1.82) is 0 Å². The van der Waals surface area contributed by atoms with Crippen molar-refractivity contribution in [3.05, 3.63) is 29.8 Å². The van der Waals surface area contributed by atoms with Crippen molar-refractivity contribution < 1.29 is 36.6 Å². The van der Waals surface area contributed by atoms with Crippen LogP contribution in [0.2, 0.25) is 0 Å². The molecule has 0 aliphatic heterocycles. The first-order chi connectivity index (χ1) is 9.58. The van der Waals surface area contributed by atoms with E-state index in [1.807, 2.05) is 0 Å². The molecule has 118 valence electrons. The van der Waals surface area contributed by atoms with E-state index in [0.717, 1.165) is 24.3 Å². The number of carboxylic acid groups (broad SMARTS) is 1. The number of hydrogen-bond acceptors (Lipinski definition) is 4. The fourth-order valence-corrected chi connectivity index (χ4v) is 2.93. The lowest BCUT2D eigenvalue weighted by atomic mass is 10.2. The van der Waals surface area contributed by atoms with Crippen molar-refractivity contribution in [2.45, 2.75) is 11.1 Å². The minimum absolute atomic E-state index is 0.0861. The van der Waals surface area contributed by atoms with Gasteiger partial charge in [0.15, 0.2) is 0 Å². The fraction of sp³-hybridized carbons (Fsp3) is 0.364. The molecule has 1 aromatic rings. The van der Waals surface area contributed by atoms with Crippen molar-refractivity contribution >= 4 is 16.0 Å². The highest BCUT2D eigenvalue weighted by atomic mass is 32.2. The van der Waals surface area contributed by atoms with Gasteiger partial charge in [0.1, 0.15) is 6.54 Å². The summed E-state index contributed by atoms with van der Waals surface area (Å²) < 4.78 is 61.3. The molecule has 0 fully saturated rings. The summed E-state index contributed by atoms with van der Waals surface area (Å²) in [5, 5.41) is 17.4. The quantitative estimate of drug-likeness (QED) is 0.810. The van der Waals surface area contributed by atoms with Gasteiger partial charge in [-0.25, -0.2) is 13.2 Å². The number of halogens is 3. The third-order valence-corrected chi connectivity index (χ3v) is 4.30. The van der Waals surface area contributed by atoms with Crippen molar-refractivity contribution in [2.75, 3.05) is 19.7 Å².